The van der Waals surface area contributed by atoms with Gasteiger partial charge in [-0.15, -0.1) is 11.3 Å². The van der Waals surface area contributed by atoms with Crippen LogP contribution in [0.4, 0.5) is 0 Å². The molecule has 0 bridgehead atoms. The Morgan fingerprint density at radius 3 is 2.96 bits per heavy atom. The van der Waals surface area contributed by atoms with Gasteiger partial charge in [-0.2, -0.15) is 0 Å². The van der Waals surface area contributed by atoms with Crippen LogP contribution in [-0.2, 0) is 13.0 Å². The van der Waals surface area contributed by atoms with Crippen LogP contribution in [-0.4, -0.2) is 42.3 Å². The number of hydrogen-bond donors (Lipinski definition) is 1. The van der Waals surface area contributed by atoms with Crippen LogP contribution >= 0.6 is 11.3 Å². The molecule has 0 aromatic carbocycles. The molecule has 24 heavy (non-hydrogen) atoms. The monoisotopic (exact) mass is 340 g/mol. The molecule has 1 amide bonds. The number of thiazole rings is 1. The molecule has 8 nitrogen and oxygen atoms in total. The molecule has 0 fully saturated rings. The van der Waals surface area contributed by atoms with Crippen molar-refractivity contribution in [3.05, 3.63) is 56.8 Å². The average Bonchev–Trinajstić information content (AvgIpc) is 3.16. The molecule has 1 N–H and O–H groups in total. The Balaban J connectivity index is 1.66. The summed E-state index contributed by atoms with van der Waals surface area (Å²) in [5.74, 6) is 0.227. The molecule has 0 saturated heterocycles. The Morgan fingerprint density at radius 1 is 1.29 bits per heavy atom. The summed E-state index contributed by atoms with van der Waals surface area (Å²) in [6.07, 6.45) is 5.17. The maximum absolute atomic E-state index is 12.4. The molecule has 0 radical (unpaired) electrons. The quantitative estimate of drug-likeness (QED) is 0.742. The van der Waals surface area contributed by atoms with Crippen LogP contribution in [0.1, 0.15) is 21.7 Å². The van der Waals surface area contributed by atoms with Crippen molar-refractivity contribution in [2.75, 3.05) is 6.54 Å². The van der Waals surface area contributed by atoms with E-state index in [2.05, 4.69) is 24.9 Å². The summed E-state index contributed by atoms with van der Waals surface area (Å²) in [5, 5.41) is 1.71. The van der Waals surface area contributed by atoms with Crippen molar-refractivity contribution in [1.29, 1.82) is 0 Å². The molecular formula is C15H12N6O2S. The number of carbonyl (C=O) groups is 1. The molecule has 1 aliphatic rings. The van der Waals surface area contributed by atoms with Crippen LogP contribution in [0.25, 0.3) is 11.5 Å². The van der Waals surface area contributed by atoms with E-state index >= 15 is 0 Å². The van der Waals surface area contributed by atoms with E-state index in [0.717, 1.165) is 0 Å². The number of H-pyrrole nitrogens is 1. The topological polar surface area (TPSA) is 105 Å². The first kappa shape index (κ1) is 14.6. The summed E-state index contributed by atoms with van der Waals surface area (Å²) in [6, 6.07) is 0. The number of hydrogen-bond acceptors (Lipinski definition) is 7. The Labute approximate surface area is 140 Å². The number of nitrogens with zero attached hydrogens (tertiary/aromatic N) is 5. The van der Waals surface area contributed by atoms with Crippen molar-refractivity contribution < 1.29 is 4.79 Å². The maximum Gasteiger partial charge on any atom is 0.273 e. The number of fused-ring (bicyclic) bond motifs is 1. The van der Waals surface area contributed by atoms with Gasteiger partial charge in [0.2, 0.25) is 0 Å². The lowest BCUT2D eigenvalue weighted by atomic mass is 10.1. The molecule has 0 saturated carbocycles. The molecule has 4 heterocycles. The molecule has 0 unspecified atom stereocenters. The van der Waals surface area contributed by atoms with Crippen LogP contribution in [0, 0.1) is 0 Å². The van der Waals surface area contributed by atoms with Crippen molar-refractivity contribution in [2.45, 2.75) is 13.0 Å². The Morgan fingerprint density at radius 2 is 2.21 bits per heavy atom. The van der Waals surface area contributed by atoms with Crippen molar-refractivity contribution >= 4 is 17.2 Å². The van der Waals surface area contributed by atoms with Crippen molar-refractivity contribution in [1.82, 2.24) is 29.8 Å². The van der Waals surface area contributed by atoms with E-state index in [9.17, 15) is 9.59 Å². The summed E-state index contributed by atoms with van der Waals surface area (Å²) in [5.41, 5.74) is 3.49. The number of rotatable bonds is 2. The molecule has 0 aliphatic carbocycles. The van der Waals surface area contributed by atoms with Crippen molar-refractivity contribution in [3.8, 4) is 11.5 Å². The lowest BCUT2D eigenvalue weighted by molar-refractivity contribution is 0.0727. The highest BCUT2D eigenvalue weighted by molar-refractivity contribution is 7.07. The summed E-state index contributed by atoms with van der Waals surface area (Å²) in [7, 11) is 0. The molecule has 4 rings (SSSR count). The molecule has 1 aliphatic heterocycles. The zero-order chi connectivity index (χ0) is 16.5. The number of amides is 1. The van der Waals surface area contributed by atoms with Gasteiger partial charge in [-0.25, -0.2) is 15.0 Å². The van der Waals surface area contributed by atoms with Gasteiger partial charge in [0.1, 0.15) is 11.4 Å². The van der Waals surface area contributed by atoms with Gasteiger partial charge in [0.15, 0.2) is 5.82 Å². The van der Waals surface area contributed by atoms with Gasteiger partial charge < -0.3 is 9.88 Å². The Hall–Kier alpha value is -2.94. The lowest BCUT2D eigenvalue weighted by Gasteiger charge is -2.27. The first-order valence-electron chi connectivity index (χ1n) is 7.28. The fourth-order valence-corrected chi connectivity index (χ4v) is 3.15. The molecule has 3 aromatic rings. The second-order valence-corrected chi connectivity index (χ2v) is 6.00. The molecule has 120 valence electrons. The van der Waals surface area contributed by atoms with E-state index in [-0.39, 0.29) is 18.0 Å². The number of aromatic nitrogens is 5. The minimum Gasteiger partial charge on any atom is -0.332 e. The lowest BCUT2D eigenvalue weighted by Crippen LogP contribution is -2.39. The highest BCUT2D eigenvalue weighted by Crippen LogP contribution is 2.18. The van der Waals surface area contributed by atoms with Crippen LogP contribution in [0.3, 0.4) is 0 Å². The highest BCUT2D eigenvalue weighted by Gasteiger charge is 2.26. The zero-order valence-corrected chi connectivity index (χ0v) is 13.3. The third kappa shape index (κ3) is 2.58. The van der Waals surface area contributed by atoms with Crippen LogP contribution in [0.5, 0.6) is 0 Å². The summed E-state index contributed by atoms with van der Waals surface area (Å²) >= 11 is 1.37. The predicted octanol–water partition coefficient (Wildman–Crippen LogP) is 0.882. The zero-order valence-electron chi connectivity index (χ0n) is 12.5. The third-order valence-electron chi connectivity index (χ3n) is 3.81. The molecule has 3 aromatic heterocycles. The van der Waals surface area contributed by atoms with E-state index in [1.807, 2.05) is 0 Å². The molecule has 0 spiro atoms. The summed E-state index contributed by atoms with van der Waals surface area (Å²) < 4.78 is 0. The Bertz CT molecular complexity index is 938. The maximum atomic E-state index is 12.4. The SMILES string of the molecule is O=C(c1cscn1)N1CCc2nc(-c3cnccn3)[nH]c(=O)c2C1. The highest BCUT2D eigenvalue weighted by atomic mass is 32.1. The van der Waals surface area contributed by atoms with E-state index in [1.165, 1.54) is 11.3 Å². The third-order valence-corrected chi connectivity index (χ3v) is 4.40. The van der Waals surface area contributed by atoms with Crippen LogP contribution < -0.4 is 5.56 Å². The second-order valence-electron chi connectivity index (χ2n) is 5.28. The minimum atomic E-state index is -0.253. The summed E-state index contributed by atoms with van der Waals surface area (Å²) in [4.78, 5) is 45.8. The van der Waals surface area contributed by atoms with E-state index < -0.39 is 0 Å². The fraction of sp³-hybridized carbons (Fsp3) is 0.200. The smallest absolute Gasteiger partial charge is 0.273 e. The van der Waals surface area contributed by atoms with Gasteiger partial charge >= 0.3 is 0 Å². The van der Waals surface area contributed by atoms with Gasteiger partial charge in [-0.1, -0.05) is 0 Å². The largest absolute Gasteiger partial charge is 0.332 e. The first-order chi connectivity index (χ1) is 11.7. The standard InChI is InChI=1S/C15H12N6O2S/c22-14-9-6-21(15(23)12-7-24-8-18-12)4-1-10(9)19-13(20-14)11-5-16-2-3-17-11/h2-3,5,7-8H,1,4,6H2,(H,19,20,22). The van der Waals surface area contributed by atoms with Gasteiger partial charge in [0.05, 0.1) is 29.5 Å². The second kappa shape index (κ2) is 5.93. The number of carbonyl (C=O) groups excluding carboxylic acids is 1. The minimum absolute atomic E-state index is 0.167. The fourth-order valence-electron chi connectivity index (χ4n) is 2.62. The van der Waals surface area contributed by atoms with Crippen molar-refractivity contribution in [3.63, 3.8) is 0 Å². The van der Waals surface area contributed by atoms with Gasteiger partial charge in [0, 0.05) is 30.7 Å². The van der Waals surface area contributed by atoms with Gasteiger partial charge in [-0.05, 0) is 0 Å². The Kier molecular flexibility index (Phi) is 3.62. The van der Waals surface area contributed by atoms with Crippen LogP contribution in [0.15, 0.2) is 34.3 Å². The molecule has 9 heteroatoms. The van der Waals surface area contributed by atoms with E-state index in [0.29, 0.717) is 41.4 Å². The first-order valence-corrected chi connectivity index (χ1v) is 8.22. The van der Waals surface area contributed by atoms with Gasteiger partial charge in [0.25, 0.3) is 11.5 Å². The predicted molar refractivity (Wildman–Crippen MR) is 86.4 cm³/mol. The average molecular weight is 340 g/mol. The normalized spacial score (nSPS) is 13.6. The van der Waals surface area contributed by atoms with E-state index in [4.69, 9.17) is 0 Å². The number of aromatic amines is 1. The molecule has 0 atom stereocenters. The van der Waals surface area contributed by atoms with Gasteiger partial charge in [-0.3, -0.25) is 14.6 Å². The number of nitrogens with one attached hydrogen (secondary N) is 1. The van der Waals surface area contributed by atoms with Crippen molar-refractivity contribution in [2.24, 2.45) is 0 Å². The van der Waals surface area contributed by atoms with Crippen LogP contribution in [0.2, 0.25) is 0 Å². The summed E-state index contributed by atoms with van der Waals surface area (Å²) in [6.45, 7) is 0.731. The van der Waals surface area contributed by atoms with E-state index in [1.54, 1.807) is 34.4 Å². The molecular weight excluding hydrogens is 328 g/mol.